The van der Waals surface area contributed by atoms with Crippen LogP contribution in [0.1, 0.15) is 11.1 Å². The number of nitro groups is 1. The molecular formula is C15H16N2O6S2. The number of sulfone groups is 1. The predicted octanol–water partition coefficient (Wildman–Crippen LogP) is 2.42. The van der Waals surface area contributed by atoms with Crippen LogP contribution < -0.4 is 4.72 Å². The fourth-order valence-corrected chi connectivity index (χ4v) is 3.89. The standard InChI is InChI=1S/C15H16N2O6S2/c1-10-4-6-12(24(3,20)21)8-14(10)16-25(22,23)13-7-5-11(2)15(9-13)17(18)19/h4-9,16H,1-3H3. The lowest BCUT2D eigenvalue weighted by molar-refractivity contribution is -0.385. The molecule has 0 aliphatic carbocycles. The lowest BCUT2D eigenvalue weighted by Crippen LogP contribution is -2.14. The van der Waals surface area contributed by atoms with Gasteiger partial charge in [-0.15, -0.1) is 0 Å². The van der Waals surface area contributed by atoms with Gasteiger partial charge in [-0.05, 0) is 37.6 Å². The third-order valence-electron chi connectivity index (χ3n) is 3.57. The number of nitro benzene ring substituents is 1. The van der Waals surface area contributed by atoms with Gasteiger partial charge in [0.15, 0.2) is 9.84 Å². The summed E-state index contributed by atoms with van der Waals surface area (Å²) in [6.45, 7) is 3.11. The molecule has 0 atom stereocenters. The summed E-state index contributed by atoms with van der Waals surface area (Å²) in [4.78, 5) is 10.0. The highest BCUT2D eigenvalue weighted by Gasteiger charge is 2.21. The first-order valence-corrected chi connectivity index (χ1v) is 10.4. The molecule has 0 saturated carbocycles. The monoisotopic (exact) mass is 384 g/mol. The Morgan fingerprint density at radius 1 is 0.920 bits per heavy atom. The van der Waals surface area contributed by atoms with Gasteiger partial charge >= 0.3 is 0 Å². The van der Waals surface area contributed by atoms with Crippen LogP contribution in [0.2, 0.25) is 0 Å². The van der Waals surface area contributed by atoms with Crippen molar-refractivity contribution in [1.29, 1.82) is 0 Å². The summed E-state index contributed by atoms with van der Waals surface area (Å²) in [6, 6.07) is 7.62. The Morgan fingerprint density at radius 3 is 2.04 bits per heavy atom. The number of hydrogen-bond donors (Lipinski definition) is 1. The van der Waals surface area contributed by atoms with Crippen molar-refractivity contribution >= 4 is 31.2 Å². The number of benzene rings is 2. The molecule has 0 fully saturated rings. The van der Waals surface area contributed by atoms with Crippen molar-refractivity contribution < 1.29 is 21.8 Å². The van der Waals surface area contributed by atoms with Crippen LogP contribution >= 0.6 is 0 Å². The van der Waals surface area contributed by atoms with Gasteiger partial charge in [0.1, 0.15) is 0 Å². The average Bonchev–Trinajstić information content (AvgIpc) is 2.48. The van der Waals surface area contributed by atoms with Crippen LogP contribution in [-0.2, 0) is 19.9 Å². The van der Waals surface area contributed by atoms with Gasteiger partial charge in [0.05, 0.1) is 20.4 Å². The van der Waals surface area contributed by atoms with Gasteiger partial charge in [0.25, 0.3) is 15.7 Å². The number of hydrogen-bond acceptors (Lipinski definition) is 6. The quantitative estimate of drug-likeness (QED) is 0.624. The molecule has 2 aromatic carbocycles. The molecule has 0 saturated heterocycles. The van der Waals surface area contributed by atoms with Gasteiger partial charge in [0, 0.05) is 17.9 Å². The molecule has 1 N–H and O–H groups in total. The minimum absolute atomic E-state index is 0.0364. The summed E-state index contributed by atoms with van der Waals surface area (Å²) >= 11 is 0. The second kappa shape index (κ2) is 6.45. The molecule has 134 valence electrons. The largest absolute Gasteiger partial charge is 0.279 e. The molecule has 0 bridgehead atoms. The van der Waals surface area contributed by atoms with Gasteiger partial charge in [-0.25, -0.2) is 16.8 Å². The molecule has 8 nitrogen and oxygen atoms in total. The molecule has 0 unspecified atom stereocenters. The summed E-state index contributed by atoms with van der Waals surface area (Å²) in [5, 5.41) is 11.0. The normalized spacial score (nSPS) is 12.0. The SMILES string of the molecule is Cc1ccc(S(C)(=O)=O)cc1NS(=O)(=O)c1ccc(C)c([N+](=O)[O-])c1. The highest BCUT2D eigenvalue weighted by atomic mass is 32.2. The van der Waals surface area contributed by atoms with E-state index in [0.717, 1.165) is 12.3 Å². The lowest BCUT2D eigenvalue weighted by Gasteiger charge is -2.12. The van der Waals surface area contributed by atoms with Gasteiger partial charge in [-0.2, -0.15) is 0 Å². The molecule has 0 amide bonds. The Labute approximate surface area is 145 Å². The third kappa shape index (κ3) is 4.15. The molecule has 0 radical (unpaired) electrons. The maximum absolute atomic E-state index is 12.5. The van der Waals surface area contributed by atoms with Crippen LogP contribution in [0.15, 0.2) is 46.2 Å². The van der Waals surface area contributed by atoms with Crippen LogP contribution in [0, 0.1) is 24.0 Å². The molecule has 25 heavy (non-hydrogen) atoms. The van der Waals surface area contributed by atoms with E-state index >= 15 is 0 Å². The first kappa shape index (κ1) is 18.9. The van der Waals surface area contributed by atoms with E-state index in [1.165, 1.54) is 37.3 Å². The van der Waals surface area contributed by atoms with E-state index in [1.807, 2.05) is 0 Å². The summed E-state index contributed by atoms with van der Waals surface area (Å²) in [6.07, 6.45) is 1.01. The van der Waals surface area contributed by atoms with E-state index in [4.69, 9.17) is 0 Å². The number of anilines is 1. The minimum Gasteiger partial charge on any atom is -0.279 e. The highest BCUT2D eigenvalue weighted by Crippen LogP contribution is 2.26. The molecule has 0 aliphatic heterocycles. The Hall–Kier alpha value is -2.46. The van der Waals surface area contributed by atoms with Gasteiger partial charge < -0.3 is 0 Å². The fraction of sp³-hybridized carbons (Fsp3) is 0.200. The van der Waals surface area contributed by atoms with Gasteiger partial charge in [-0.3, -0.25) is 14.8 Å². The van der Waals surface area contributed by atoms with Crippen LogP contribution in [0.4, 0.5) is 11.4 Å². The molecule has 0 aromatic heterocycles. The van der Waals surface area contributed by atoms with Gasteiger partial charge in [-0.1, -0.05) is 12.1 Å². The second-order valence-electron chi connectivity index (χ2n) is 5.56. The van der Waals surface area contributed by atoms with E-state index in [2.05, 4.69) is 4.72 Å². The first-order valence-electron chi connectivity index (χ1n) is 7.00. The Balaban J connectivity index is 2.50. The van der Waals surface area contributed by atoms with Crippen LogP contribution in [-0.4, -0.2) is 28.0 Å². The van der Waals surface area contributed by atoms with E-state index in [1.54, 1.807) is 6.92 Å². The summed E-state index contributed by atoms with van der Waals surface area (Å²) in [5.41, 5.74) is 0.618. The van der Waals surface area contributed by atoms with Crippen LogP contribution in [0.25, 0.3) is 0 Å². The summed E-state index contributed by atoms with van der Waals surface area (Å²) in [5.74, 6) is 0. The summed E-state index contributed by atoms with van der Waals surface area (Å²) < 4.78 is 50.6. The first-order chi connectivity index (χ1) is 11.4. The second-order valence-corrected chi connectivity index (χ2v) is 9.26. The number of rotatable bonds is 5. The Morgan fingerprint density at radius 2 is 1.48 bits per heavy atom. The molecular weight excluding hydrogens is 368 g/mol. The zero-order valence-electron chi connectivity index (χ0n) is 13.7. The molecule has 0 aliphatic rings. The molecule has 2 rings (SSSR count). The van der Waals surface area contributed by atoms with E-state index in [9.17, 15) is 26.9 Å². The molecule has 10 heteroatoms. The Kier molecular flexibility index (Phi) is 4.87. The average molecular weight is 384 g/mol. The van der Waals surface area contributed by atoms with Crippen molar-refractivity contribution in [2.75, 3.05) is 11.0 Å². The van der Waals surface area contributed by atoms with Crippen molar-refractivity contribution in [3.8, 4) is 0 Å². The topological polar surface area (TPSA) is 123 Å². The van der Waals surface area contributed by atoms with Crippen molar-refractivity contribution in [2.45, 2.75) is 23.6 Å². The smallest absolute Gasteiger partial charge is 0.273 e. The predicted molar refractivity (Wildman–Crippen MR) is 92.9 cm³/mol. The summed E-state index contributed by atoms with van der Waals surface area (Å²) in [7, 11) is -7.63. The number of nitrogens with zero attached hydrogens (tertiary/aromatic N) is 1. The zero-order chi connectivity index (χ0) is 19.0. The molecule has 0 spiro atoms. The van der Waals surface area contributed by atoms with E-state index < -0.39 is 24.8 Å². The third-order valence-corrected chi connectivity index (χ3v) is 6.04. The van der Waals surface area contributed by atoms with E-state index in [0.29, 0.717) is 11.1 Å². The molecule has 0 heterocycles. The molecule has 2 aromatic rings. The lowest BCUT2D eigenvalue weighted by atomic mass is 10.2. The number of sulfonamides is 1. The van der Waals surface area contributed by atoms with Gasteiger partial charge in [0.2, 0.25) is 0 Å². The van der Waals surface area contributed by atoms with Crippen LogP contribution in [0.5, 0.6) is 0 Å². The maximum atomic E-state index is 12.5. The zero-order valence-corrected chi connectivity index (χ0v) is 15.3. The van der Waals surface area contributed by atoms with Crippen molar-refractivity contribution in [2.24, 2.45) is 0 Å². The van der Waals surface area contributed by atoms with Crippen molar-refractivity contribution in [3.63, 3.8) is 0 Å². The van der Waals surface area contributed by atoms with Crippen molar-refractivity contribution in [1.82, 2.24) is 0 Å². The Bertz CT molecular complexity index is 1060. The van der Waals surface area contributed by atoms with Crippen molar-refractivity contribution in [3.05, 3.63) is 57.6 Å². The number of nitrogens with one attached hydrogen (secondary N) is 1. The fourth-order valence-electron chi connectivity index (χ4n) is 2.10. The maximum Gasteiger partial charge on any atom is 0.273 e. The number of aryl methyl sites for hydroxylation is 2. The van der Waals surface area contributed by atoms with E-state index in [-0.39, 0.29) is 21.2 Å². The highest BCUT2D eigenvalue weighted by molar-refractivity contribution is 7.92. The minimum atomic E-state index is -4.12. The van der Waals surface area contributed by atoms with Crippen LogP contribution in [0.3, 0.4) is 0 Å².